The first kappa shape index (κ1) is 16.6. The fraction of sp³-hybridized carbons (Fsp3) is 0.533. The number of aliphatic hydroxyl groups is 2. The van der Waals surface area contributed by atoms with Crippen LogP contribution in [-0.2, 0) is 16.1 Å². The molecular weight excluding hydrogens is 258 g/mol. The molecule has 5 heteroatoms. The van der Waals surface area contributed by atoms with Crippen molar-refractivity contribution in [1.29, 1.82) is 0 Å². The van der Waals surface area contributed by atoms with Crippen LogP contribution in [0, 0.1) is 0 Å². The number of rotatable bonds is 9. The minimum atomic E-state index is -0.805. The number of carbonyl (C=O) groups excluding carboxylic acids is 1. The Kier molecular flexibility index (Phi) is 7.87. The largest absolute Gasteiger partial charge is 0.466 e. The molecule has 1 aromatic rings. The summed E-state index contributed by atoms with van der Waals surface area (Å²) in [6.07, 6.45) is -0.528. The highest BCUT2D eigenvalue weighted by Crippen LogP contribution is 2.06. The van der Waals surface area contributed by atoms with E-state index in [0.29, 0.717) is 26.2 Å². The summed E-state index contributed by atoms with van der Waals surface area (Å²) in [6.45, 7) is 3.30. The summed E-state index contributed by atoms with van der Waals surface area (Å²) in [7, 11) is 0. The molecule has 1 atom stereocenters. The van der Waals surface area contributed by atoms with Crippen molar-refractivity contribution in [2.45, 2.75) is 26.0 Å². The second-order valence-corrected chi connectivity index (χ2v) is 4.61. The fourth-order valence-corrected chi connectivity index (χ4v) is 1.91. The van der Waals surface area contributed by atoms with E-state index in [4.69, 9.17) is 9.84 Å². The Morgan fingerprint density at radius 2 is 2.05 bits per heavy atom. The molecule has 0 aliphatic heterocycles. The first-order valence-corrected chi connectivity index (χ1v) is 6.86. The standard InChI is InChI=1S/C15H23NO4/c1-2-20-15(19)8-9-16(11-14(18)12-17)10-13-6-4-3-5-7-13/h3-7,14,17-18H,2,8-12H2,1H3. The summed E-state index contributed by atoms with van der Waals surface area (Å²) in [4.78, 5) is 13.3. The number of aliphatic hydroxyl groups excluding tert-OH is 2. The van der Waals surface area contributed by atoms with Gasteiger partial charge in [0.2, 0.25) is 0 Å². The molecule has 0 aromatic heterocycles. The van der Waals surface area contributed by atoms with Gasteiger partial charge in [-0.15, -0.1) is 0 Å². The Morgan fingerprint density at radius 1 is 1.35 bits per heavy atom. The average molecular weight is 281 g/mol. The van der Waals surface area contributed by atoms with Crippen LogP contribution in [0.5, 0.6) is 0 Å². The third kappa shape index (κ3) is 6.65. The molecule has 0 bridgehead atoms. The van der Waals surface area contributed by atoms with Gasteiger partial charge in [0.15, 0.2) is 0 Å². The predicted octanol–water partition coefficient (Wildman–Crippen LogP) is 0.795. The number of ether oxygens (including phenoxy) is 1. The van der Waals surface area contributed by atoms with Crippen LogP contribution in [0.2, 0.25) is 0 Å². The molecule has 0 amide bonds. The van der Waals surface area contributed by atoms with E-state index in [0.717, 1.165) is 5.56 Å². The highest BCUT2D eigenvalue weighted by atomic mass is 16.5. The summed E-state index contributed by atoms with van der Waals surface area (Å²) in [5.41, 5.74) is 1.10. The molecule has 5 nitrogen and oxygen atoms in total. The van der Waals surface area contributed by atoms with Crippen LogP contribution >= 0.6 is 0 Å². The van der Waals surface area contributed by atoms with Crippen molar-refractivity contribution >= 4 is 5.97 Å². The second kappa shape index (κ2) is 9.47. The van der Waals surface area contributed by atoms with E-state index < -0.39 is 6.10 Å². The molecule has 0 fully saturated rings. The van der Waals surface area contributed by atoms with Crippen LogP contribution in [0.25, 0.3) is 0 Å². The molecule has 1 unspecified atom stereocenters. The normalized spacial score (nSPS) is 12.4. The van der Waals surface area contributed by atoms with E-state index in [1.165, 1.54) is 0 Å². The Labute approximate surface area is 119 Å². The zero-order valence-electron chi connectivity index (χ0n) is 11.9. The topological polar surface area (TPSA) is 70.0 Å². The van der Waals surface area contributed by atoms with E-state index in [-0.39, 0.29) is 19.0 Å². The average Bonchev–Trinajstić information content (AvgIpc) is 2.46. The molecule has 0 aliphatic carbocycles. The minimum absolute atomic E-state index is 0.246. The predicted molar refractivity (Wildman–Crippen MR) is 76.1 cm³/mol. The molecule has 0 saturated carbocycles. The molecular formula is C15H23NO4. The first-order chi connectivity index (χ1) is 9.65. The Balaban J connectivity index is 2.53. The van der Waals surface area contributed by atoms with Gasteiger partial charge in [-0.05, 0) is 12.5 Å². The van der Waals surface area contributed by atoms with E-state index in [2.05, 4.69) is 0 Å². The fourth-order valence-electron chi connectivity index (χ4n) is 1.91. The van der Waals surface area contributed by atoms with Crippen molar-refractivity contribution < 1.29 is 19.7 Å². The minimum Gasteiger partial charge on any atom is -0.466 e. The zero-order chi connectivity index (χ0) is 14.8. The molecule has 0 saturated heterocycles. The lowest BCUT2D eigenvalue weighted by atomic mass is 10.2. The van der Waals surface area contributed by atoms with Crippen molar-refractivity contribution in [3.63, 3.8) is 0 Å². The van der Waals surface area contributed by atoms with Gasteiger partial charge in [-0.1, -0.05) is 30.3 Å². The van der Waals surface area contributed by atoms with E-state index in [1.54, 1.807) is 6.92 Å². The molecule has 1 aromatic carbocycles. The van der Waals surface area contributed by atoms with Crippen molar-refractivity contribution in [3.05, 3.63) is 35.9 Å². The van der Waals surface area contributed by atoms with Crippen LogP contribution in [-0.4, -0.2) is 53.5 Å². The van der Waals surface area contributed by atoms with Crippen LogP contribution in [0.1, 0.15) is 18.9 Å². The highest BCUT2D eigenvalue weighted by molar-refractivity contribution is 5.69. The molecule has 0 aliphatic rings. The van der Waals surface area contributed by atoms with Crippen LogP contribution in [0.15, 0.2) is 30.3 Å². The number of esters is 1. The summed E-state index contributed by atoms with van der Waals surface area (Å²) < 4.78 is 4.90. The Hall–Kier alpha value is -1.43. The summed E-state index contributed by atoms with van der Waals surface area (Å²) in [6, 6.07) is 9.81. The van der Waals surface area contributed by atoms with Gasteiger partial charge in [0.1, 0.15) is 0 Å². The molecule has 0 spiro atoms. The number of nitrogens with zero attached hydrogens (tertiary/aromatic N) is 1. The van der Waals surface area contributed by atoms with Gasteiger partial charge in [0, 0.05) is 19.6 Å². The molecule has 0 heterocycles. The van der Waals surface area contributed by atoms with Gasteiger partial charge in [0.25, 0.3) is 0 Å². The van der Waals surface area contributed by atoms with Crippen LogP contribution in [0.3, 0.4) is 0 Å². The zero-order valence-corrected chi connectivity index (χ0v) is 11.9. The van der Waals surface area contributed by atoms with Crippen molar-refractivity contribution in [1.82, 2.24) is 4.90 Å². The summed E-state index contributed by atoms with van der Waals surface area (Å²) in [5, 5.41) is 18.5. The first-order valence-electron chi connectivity index (χ1n) is 6.86. The monoisotopic (exact) mass is 281 g/mol. The number of hydrogen-bond acceptors (Lipinski definition) is 5. The van der Waals surface area contributed by atoms with Gasteiger partial charge in [-0.25, -0.2) is 0 Å². The van der Waals surface area contributed by atoms with Gasteiger partial charge >= 0.3 is 5.97 Å². The number of hydrogen-bond donors (Lipinski definition) is 2. The Bertz CT molecular complexity index is 383. The van der Waals surface area contributed by atoms with Crippen molar-refractivity contribution in [2.75, 3.05) is 26.3 Å². The van der Waals surface area contributed by atoms with Gasteiger partial charge < -0.3 is 14.9 Å². The Morgan fingerprint density at radius 3 is 2.65 bits per heavy atom. The van der Waals surface area contributed by atoms with Crippen LogP contribution < -0.4 is 0 Å². The maximum atomic E-state index is 11.4. The molecule has 112 valence electrons. The van der Waals surface area contributed by atoms with Crippen molar-refractivity contribution in [2.24, 2.45) is 0 Å². The molecule has 20 heavy (non-hydrogen) atoms. The number of benzene rings is 1. The van der Waals surface area contributed by atoms with Crippen LogP contribution in [0.4, 0.5) is 0 Å². The lowest BCUT2D eigenvalue weighted by Gasteiger charge is -2.24. The third-order valence-electron chi connectivity index (χ3n) is 2.87. The maximum Gasteiger partial charge on any atom is 0.307 e. The highest BCUT2D eigenvalue weighted by Gasteiger charge is 2.13. The molecule has 0 radical (unpaired) electrons. The third-order valence-corrected chi connectivity index (χ3v) is 2.87. The maximum absolute atomic E-state index is 11.4. The lowest BCUT2D eigenvalue weighted by Crippen LogP contribution is -2.35. The lowest BCUT2D eigenvalue weighted by molar-refractivity contribution is -0.143. The van der Waals surface area contributed by atoms with E-state index in [9.17, 15) is 9.90 Å². The van der Waals surface area contributed by atoms with Gasteiger partial charge in [0.05, 0.1) is 25.7 Å². The van der Waals surface area contributed by atoms with Gasteiger partial charge in [-0.2, -0.15) is 0 Å². The van der Waals surface area contributed by atoms with Crippen molar-refractivity contribution in [3.8, 4) is 0 Å². The van der Waals surface area contributed by atoms with E-state index >= 15 is 0 Å². The quantitative estimate of drug-likeness (QED) is 0.655. The SMILES string of the molecule is CCOC(=O)CCN(Cc1ccccc1)CC(O)CO. The summed E-state index contributed by atoms with van der Waals surface area (Å²) in [5.74, 6) is -0.246. The molecule has 1 rings (SSSR count). The summed E-state index contributed by atoms with van der Waals surface area (Å²) >= 11 is 0. The molecule has 2 N–H and O–H groups in total. The smallest absolute Gasteiger partial charge is 0.307 e. The van der Waals surface area contributed by atoms with E-state index in [1.807, 2.05) is 35.2 Å². The second-order valence-electron chi connectivity index (χ2n) is 4.61. The number of carbonyl (C=O) groups is 1. The van der Waals surface area contributed by atoms with Gasteiger partial charge in [-0.3, -0.25) is 9.69 Å².